The molecule has 4 rings (SSSR count). The van der Waals surface area contributed by atoms with Crippen molar-refractivity contribution in [3.05, 3.63) is 47.7 Å². The number of carbonyl (C=O) groups is 2. The highest BCUT2D eigenvalue weighted by Crippen LogP contribution is 2.23. The van der Waals surface area contributed by atoms with Crippen LogP contribution in [-0.4, -0.2) is 45.5 Å². The van der Waals surface area contributed by atoms with Crippen LogP contribution in [-0.2, 0) is 9.59 Å². The summed E-state index contributed by atoms with van der Waals surface area (Å²) >= 11 is 0. The molecule has 1 fully saturated rings. The van der Waals surface area contributed by atoms with Crippen LogP contribution in [0.3, 0.4) is 0 Å². The van der Waals surface area contributed by atoms with Crippen LogP contribution in [0.25, 0.3) is 11.7 Å². The van der Waals surface area contributed by atoms with Gasteiger partial charge in [-0.25, -0.2) is 0 Å². The fraction of sp³-hybridized carbons (Fsp3) is 0.167. The highest BCUT2D eigenvalue weighted by atomic mass is 16.2. The number of hydrogen-bond donors (Lipinski definition) is 2. The van der Waals surface area contributed by atoms with E-state index in [1.165, 1.54) is 0 Å². The summed E-state index contributed by atoms with van der Waals surface area (Å²) in [6.45, 7) is 0. The Labute approximate surface area is 154 Å². The molecule has 2 aromatic heterocycles. The first-order valence-corrected chi connectivity index (χ1v) is 8.31. The monoisotopic (exact) mass is 363 g/mol. The zero-order valence-electron chi connectivity index (χ0n) is 14.8. The molecule has 3 heterocycles. The molecule has 0 atom stereocenters. The molecule has 9 heteroatoms. The number of nitrogens with one attached hydrogen (secondary N) is 2. The second-order valence-electron chi connectivity index (χ2n) is 6.29. The predicted octanol–water partition coefficient (Wildman–Crippen LogP) is 1.36. The van der Waals surface area contributed by atoms with Crippen LogP contribution in [0.1, 0.15) is 12.0 Å². The number of imide groups is 1. The molecule has 27 heavy (non-hydrogen) atoms. The minimum Gasteiger partial charge on any atom is -0.347 e. The fourth-order valence-corrected chi connectivity index (χ4v) is 2.73. The summed E-state index contributed by atoms with van der Waals surface area (Å²) in [5.41, 5.74) is 2.42. The van der Waals surface area contributed by atoms with E-state index < -0.39 is 0 Å². The van der Waals surface area contributed by atoms with E-state index in [0.29, 0.717) is 28.7 Å². The van der Waals surface area contributed by atoms with Gasteiger partial charge in [-0.15, -0.1) is 0 Å². The molecule has 0 aliphatic carbocycles. The number of amides is 2. The SMILES string of the molecule is CN(C)c1nc(Nc2ccccc2)n2ncc(/C=C3\CC(=O)NC3=O)c2n1. The van der Waals surface area contributed by atoms with Crippen LogP contribution >= 0.6 is 0 Å². The maximum absolute atomic E-state index is 11.8. The first-order chi connectivity index (χ1) is 13.0. The van der Waals surface area contributed by atoms with Gasteiger partial charge in [-0.1, -0.05) is 18.2 Å². The van der Waals surface area contributed by atoms with E-state index in [2.05, 4.69) is 25.7 Å². The van der Waals surface area contributed by atoms with Crippen LogP contribution in [0.2, 0.25) is 0 Å². The second kappa shape index (κ2) is 6.52. The summed E-state index contributed by atoms with van der Waals surface area (Å²) in [5, 5.41) is 9.86. The van der Waals surface area contributed by atoms with E-state index in [0.717, 1.165) is 5.69 Å². The molecule has 1 aromatic carbocycles. The molecule has 3 aromatic rings. The van der Waals surface area contributed by atoms with Gasteiger partial charge >= 0.3 is 0 Å². The van der Waals surface area contributed by atoms with Gasteiger partial charge in [-0.2, -0.15) is 19.6 Å². The third-order valence-corrected chi connectivity index (χ3v) is 4.04. The number of rotatable bonds is 4. The third kappa shape index (κ3) is 3.22. The molecule has 1 aliphatic heterocycles. The molecule has 2 N–H and O–H groups in total. The van der Waals surface area contributed by atoms with Gasteiger partial charge in [0.2, 0.25) is 17.8 Å². The molecule has 0 bridgehead atoms. The molecule has 9 nitrogen and oxygen atoms in total. The quantitative estimate of drug-likeness (QED) is 0.533. The van der Waals surface area contributed by atoms with Crippen molar-refractivity contribution < 1.29 is 9.59 Å². The Kier molecular flexibility index (Phi) is 4.03. The minimum absolute atomic E-state index is 0.0525. The van der Waals surface area contributed by atoms with Crippen molar-refractivity contribution >= 4 is 41.1 Å². The molecule has 136 valence electrons. The molecule has 0 saturated carbocycles. The first kappa shape index (κ1) is 16.7. The van der Waals surface area contributed by atoms with Crippen LogP contribution in [0.4, 0.5) is 17.6 Å². The van der Waals surface area contributed by atoms with E-state index in [1.807, 2.05) is 44.4 Å². The van der Waals surface area contributed by atoms with E-state index in [1.54, 1.807) is 21.7 Å². The van der Waals surface area contributed by atoms with E-state index in [4.69, 9.17) is 0 Å². The van der Waals surface area contributed by atoms with Gasteiger partial charge in [-0.3, -0.25) is 14.9 Å². The average molecular weight is 363 g/mol. The Morgan fingerprint density at radius 3 is 2.63 bits per heavy atom. The number of benzene rings is 1. The smallest absolute Gasteiger partial charge is 0.254 e. The van der Waals surface area contributed by atoms with Crippen molar-refractivity contribution in [1.82, 2.24) is 24.9 Å². The molecule has 2 amide bonds. The molecule has 1 saturated heterocycles. The summed E-state index contributed by atoms with van der Waals surface area (Å²) in [7, 11) is 3.69. The average Bonchev–Trinajstić information content (AvgIpc) is 3.19. The number of hydrogen-bond acceptors (Lipinski definition) is 7. The predicted molar refractivity (Wildman–Crippen MR) is 101 cm³/mol. The fourth-order valence-electron chi connectivity index (χ4n) is 2.73. The van der Waals surface area contributed by atoms with Gasteiger partial charge in [0, 0.05) is 30.9 Å². The number of nitrogens with zero attached hydrogens (tertiary/aromatic N) is 5. The van der Waals surface area contributed by atoms with Crippen LogP contribution in [0.5, 0.6) is 0 Å². The maximum atomic E-state index is 11.8. The van der Waals surface area contributed by atoms with E-state index in [9.17, 15) is 9.59 Å². The van der Waals surface area contributed by atoms with Gasteiger partial charge in [0.15, 0.2) is 5.65 Å². The second-order valence-corrected chi connectivity index (χ2v) is 6.29. The molecule has 0 radical (unpaired) electrons. The highest BCUT2D eigenvalue weighted by molar-refractivity contribution is 6.15. The summed E-state index contributed by atoms with van der Waals surface area (Å²) in [6, 6.07) is 9.61. The number of aromatic nitrogens is 4. The van der Waals surface area contributed by atoms with Crippen molar-refractivity contribution in [2.24, 2.45) is 0 Å². The lowest BCUT2D eigenvalue weighted by atomic mass is 10.1. The Morgan fingerprint density at radius 1 is 1.19 bits per heavy atom. The summed E-state index contributed by atoms with van der Waals surface area (Å²) in [4.78, 5) is 34.1. The Bertz CT molecular complexity index is 1070. The Morgan fingerprint density at radius 2 is 1.96 bits per heavy atom. The van der Waals surface area contributed by atoms with Crippen molar-refractivity contribution in [2.45, 2.75) is 6.42 Å². The standard InChI is InChI=1S/C18H17N7O2/c1-24(2)17-22-15-12(8-11-9-14(26)21-16(11)27)10-19-25(15)18(23-17)20-13-6-4-3-5-7-13/h3-8,10H,9H2,1-2H3,(H,20,22,23)(H,21,26,27)/b11-8+. The zero-order chi connectivity index (χ0) is 19.0. The number of fused-ring (bicyclic) bond motifs is 1. The van der Waals surface area contributed by atoms with Crippen LogP contribution in [0.15, 0.2) is 42.1 Å². The molecule has 0 unspecified atom stereocenters. The third-order valence-electron chi connectivity index (χ3n) is 4.04. The lowest BCUT2D eigenvalue weighted by Gasteiger charge is -2.13. The van der Waals surface area contributed by atoms with Crippen molar-refractivity contribution in [1.29, 1.82) is 0 Å². The lowest BCUT2D eigenvalue weighted by molar-refractivity contribution is -0.124. The van der Waals surface area contributed by atoms with Crippen molar-refractivity contribution in [3.63, 3.8) is 0 Å². The maximum Gasteiger partial charge on any atom is 0.254 e. The van der Waals surface area contributed by atoms with E-state index in [-0.39, 0.29) is 18.2 Å². The highest BCUT2D eigenvalue weighted by Gasteiger charge is 2.24. The number of anilines is 3. The van der Waals surface area contributed by atoms with Crippen LogP contribution < -0.4 is 15.5 Å². The Balaban J connectivity index is 1.82. The van der Waals surface area contributed by atoms with Crippen molar-refractivity contribution in [3.8, 4) is 0 Å². The summed E-state index contributed by atoms with van der Waals surface area (Å²) < 4.78 is 1.57. The summed E-state index contributed by atoms with van der Waals surface area (Å²) in [5.74, 6) is 0.293. The number of para-hydroxylation sites is 1. The van der Waals surface area contributed by atoms with Crippen molar-refractivity contribution in [2.75, 3.05) is 24.3 Å². The first-order valence-electron chi connectivity index (χ1n) is 8.31. The molecule has 0 spiro atoms. The summed E-state index contributed by atoms with van der Waals surface area (Å²) in [6.07, 6.45) is 3.29. The molecular weight excluding hydrogens is 346 g/mol. The van der Waals surface area contributed by atoms with Gasteiger partial charge in [0.25, 0.3) is 5.91 Å². The van der Waals surface area contributed by atoms with E-state index >= 15 is 0 Å². The number of carbonyl (C=O) groups excluding carboxylic acids is 2. The largest absolute Gasteiger partial charge is 0.347 e. The normalized spacial score (nSPS) is 15.4. The zero-order valence-corrected chi connectivity index (χ0v) is 14.8. The Hall–Kier alpha value is -3.75. The van der Waals surface area contributed by atoms with Gasteiger partial charge < -0.3 is 10.2 Å². The topological polar surface area (TPSA) is 105 Å². The lowest BCUT2D eigenvalue weighted by Crippen LogP contribution is -2.19. The minimum atomic E-state index is -0.385. The van der Waals surface area contributed by atoms with Gasteiger partial charge in [0.05, 0.1) is 12.6 Å². The van der Waals surface area contributed by atoms with Gasteiger partial charge in [-0.05, 0) is 18.2 Å². The molecule has 1 aliphatic rings. The molecular formula is C18H17N7O2. The van der Waals surface area contributed by atoms with Gasteiger partial charge in [0.1, 0.15) is 0 Å². The van der Waals surface area contributed by atoms with Crippen LogP contribution in [0, 0.1) is 0 Å².